The molecule has 1 aromatic carbocycles. The Labute approximate surface area is 174 Å². The van der Waals surface area contributed by atoms with Crippen LogP contribution in [-0.4, -0.2) is 28.7 Å². The van der Waals surface area contributed by atoms with Crippen LogP contribution in [0.5, 0.6) is 0 Å². The zero-order chi connectivity index (χ0) is 21.3. The molecule has 0 radical (unpaired) electrons. The summed E-state index contributed by atoms with van der Waals surface area (Å²) in [6, 6.07) is 5.48. The molecule has 2 aliphatic heterocycles. The summed E-state index contributed by atoms with van der Waals surface area (Å²) in [7, 11) is 0. The van der Waals surface area contributed by atoms with Gasteiger partial charge in [0.25, 0.3) is 11.5 Å². The maximum Gasteiger partial charge on any atom is 0.414 e. The smallest absolute Gasteiger partial charge is 0.414 e. The van der Waals surface area contributed by atoms with E-state index >= 15 is 0 Å². The summed E-state index contributed by atoms with van der Waals surface area (Å²) in [6.45, 7) is 6.82. The summed E-state index contributed by atoms with van der Waals surface area (Å²) in [5, 5.41) is 2.82. The maximum atomic E-state index is 14.2. The number of benzene rings is 1. The van der Waals surface area contributed by atoms with Crippen LogP contribution >= 0.6 is 15.9 Å². The molecule has 1 N–H and O–H groups in total. The summed E-state index contributed by atoms with van der Waals surface area (Å²) in [4.78, 5) is 40.0. The van der Waals surface area contributed by atoms with Crippen molar-refractivity contribution in [1.82, 2.24) is 9.88 Å². The highest BCUT2D eigenvalue weighted by atomic mass is 79.9. The standard InChI is InChI=1S/C20H19BrFN3O4/c1-10-7-13(21)17(27)25-15(10)16(26)23-20(25)9-24(18(28)29-19(2,3)4)14-6-5-11(22)8-12(14)20/h5-8H,9H2,1-4H3,(H,23,26). The van der Waals surface area contributed by atoms with Crippen LogP contribution in [-0.2, 0) is 10.4 Å². The molecule has 0 bridgehead atoms. The predicted octanol–water partition coefficient (Wildman–Crippen LogP) is 3.26. The molecule has 0 aliphatic carbocycles. The molecule has 1 spiro atoms. The highest BCUT2D eigenvalue weighted by Crippen LogP contribution is 2.44. The first-order valence-corrected chi connectivity index (χ1v) is 9.79. The van der Waals surface area contributed by atoms with Gasteiger partial charge in [0.15, 0.2) is 5.66 Å². The van der Waals surface area contributed by atoms with Gasteiger partial charge >= 0.3 is 6.09 Å². The number of ether oxygens (including phenoxy) is 1. The average Bonchev–Trinajstić information content (AvgIpc) is 3.07. The fraction of sp³-hybridized carbons (Fsp3) is 0.350. The largest absolute Gasteiger partial charge is 0.443 e. The molecule has 152 valence electrons. The van der Waals surface area contributed by atoms with E-state index in [-0.39, 0.29) is 16.7 Å². The number of hydrogen-bond acceptors (Lipinski definition) is 4. The number of fused-ring (bicyclic) bond motifs is 4. The fourth-order valence-electron chi connectivity index (χ4n) is 3.90. The lowest BCUT2D eigenvalue weighted by Crippen LogP contribution is -2.52. The molecular formula is C20H19BrFN3O4. The van der Waals surface area contributed by atoms with Crippen molar-refractivity contribution in [1.29, 1.82) is 0 Å². The van der Waals surface area contributed by atoms with Crippen LogP contribution in [0.4, 0.5) is 14.9 Å². The zero-order valence-corrected chi connectivity index (χ0v) is 17.9. The van der Waals surface area contributed by atoms with Crippen molar-refractivity contribution in [3.05, 3.63) is 61.7 Å². The van der Waals surface area contributed by atoms with Crippen LogP contribution in [0.2, 0.25) is 0 Å². The first-order valence-electron chi connectivity index (χ1n) is 9.00. The Morgan fingerprint density at radius 1 is 1.28 bits per heavy atom. The van der Waals surface area contributed by atoms with Crippen molar-refractivity contribution < 1.29 is 18.7 Å². The van der Waals surface area contributed by atoms with Crippen molar-refractivity contribution in [3.8, 4) is 0 Å². The molecule has 9 heteroatoms. The monoisotopic (exact) mass is 463 g/mol. The van der Waals surface area contributed by atoms with E-state index in [4.69, 9.17) is 4.74 Å². The zero-order valence-electron chi connectivity index (χ0n) is 16.3. The van der Waals surface area contributed by atoms with Crippen molar-refractivity contribution in [2.75, 3.05) is 11.4 Å². The third-order valence-corrected chi connectivity index (χ3v) is 5.53. The summed E-state index contributed by atoms with van der Waals surface area (Å²) in [6.07, 6.45) is -0.648. The highest BCUT2D eigenvalue weighted by Gasteiger charge is 2.54. The van der Waals surface area contributed by atoms with Crippen molar-refractivity contribution in [2.24, 2.45) is 0 Å². The van der Waals surface area contributed by atoms with E-state index in [2.05, 4.69) is 21.2 Å². The highest BCUT2D eigenvalue weighted by molar-refractivity contribution is 9.10. The number of nitrogens with one attached hydrogen (secondary N) is 1. The molecular weight excluding hydrogens is 445 g/mol. The molecule has 4 rings (SSSR count). The normalized spacial score (nSPS) is 19.9. The van der Waals surface area contributed by atoms with E-state index in [9.17, 15) is 18.8 Å². The average molecular weight is 464 g/mol. The first-order chi connectivity index (χ1) is 13.4. The molecule has 0 saturated carbocycles. The van der Waals surface area contributed by atoms with Crippen molar-refractivity contribution >= 4 is 33.6 Å². The molecule has 1 unspecified atom stereocenters. The lowest BCUT2D eigenvalue weighted by Gasteiger charge is -2.29. The van der Waals surface area contributed by atoms with E-state index in [1.807, 2.05) is 0 Å². The summed E-state index contributed by atoms with van der Waals surface area (Å²) < 4.78 is 21.2. The van der Waals surface area contributed by atoms with Crippen LogP contribution in [0.15, 0.2) is 33.5 Å². The van der Waals surface area contributed by atoms with Gasteiger partial charge in [-0.25, -0.2) is 9.18 Å². The molecule has 0 saturated heterocycles. The predicted molar refractivity (Wildman–Crippen MR) is 108 cm³/mol. The second-order valence-corrected chi connectivity index (χ2v) is 9.06. The molecule has 2 amide bonds. The number of aromatic nitrogens is 1. The van der Waals surface area contributed by atoms with E-state index in [1.165, 1.54) is 27.7 Å². The number of rotatable bonds is 0. The molecule has 2 aromatic rings. The molecule has 7 nitrogen and oxygen atoms in total. The Morgan fingerprint density at radius 3 is 2.62 bits per heavy atom. The van der Waals surface area contributed by atoms with Crippen molar-refractivity contribution in [2.45, 2.75) is 39.0 Å². The molecule has 3 heterocycles. The Bertz CT molecular complexity index is 1140. The van der Waals surface area contributed by atoms with Gasteiger partial charge in [0.2, 0.25) is 0 Å². The van der Waals surface area contributed by atoms with Crippen LogP contribution in [0, 0.1) is 12.7 Å². The minimum Gasteiger partial charge on any atom is -0.443 e. The number of hydrogen-bond donors (Lipinski definition) is 1. The van der Waals surface area contributed by atoms with Gasteiger partial charge in [-0.05, 0) is 73.5 Å². The number of halogens is 2. The number of amides is 2. The Morgan fingerprint density at radius 2 is 1.97 bits per heavy atom. The number of carbonyl (C=O) groups is 2. The molecule has 1 aromatic heterocycles. The number of pyridine rings is 1. The van der Waals surface area contributed by atoms with E-state index < -0.39 is 34.6 Å². The second kappa shape index (κ2) is 6.16. The number of nitrogens with zero attached hydrogens (tertiary/aromatic N) is 2. The number of aryl methyl sites for hydroxylation is 1. The summed E-state index contributed by atoms with van der Waals surface area (Å²) in [5.41, 5.74) is -1.18. The summed E-state index contributed by atoms with van der Waals surface area (Å²) >= 11 is 3.24. The van der Waals surface area contributed by atoms with E-state index in [0.717, 1.165) is 0 Å². The van der Waals surface area contributed by atoms with Gasteiger partial charge in [-0.2, -0.15) is 0 Å². The van der Waals surface area contributed by atoms with Gasteiger partial charge in [0.1, 0.15) is 17.1 Å². The number of carbonyl (C=O) groups excluding carboxylic acids is 2. The lowest BCUT2D eigenvalue weighted by atomic mass is 10.0. The fourth-order valence-corrected chi connectivity index (χ4v) is 4.43. The van der Waals surface area contributed by atoms with Crippen LogP contribution in [0.1, 0.15) is 42.4 Å². The van der Waals surface area contributed by atoms with Crippen molar-refractivity contribution in [3.63, 3.8) is 0 Å². The van der Waals surface area contributed by atoms with E-state index in [0.29, 0.717) is 16.8 Å². The third kappa shape index (κ3) is 2.87. The summed E-state index contributed by atoms with van der Waals surface area (Å²) in [5.74, 6) is -1.01. The number of anilines is 1. The van der Waals surface area contributed by atoms with Gasteiger partial charge in [-0.3, -0.25) is 19.1 Å². The Hall–Kier alpha value is -2.68. The Kier molecular flexibility index (Phi) is 4.17. The van der Waals surface area contributed by atoms with Gasteiger partial charge in [0, 0.05) is 5.56 Å². The van der Waals surface area contributed by atoms with Crippen LogP contribution in [0.3, 0.4) is 0 Å². The Balaban J connectivity index is 1.97. The van der Waals surface area contributed by atoms with Gasteiger partial charge in [-0.1, -0.05) is 0 Å². The van der Waals surface area contributed by atoms with Crippen LogP contribution < -0.4 is 15.8 Å². The second-order valence-electron chi connectivity index (χ2n) is 8.21. The SMILES string of the molecule is Cc1cc(Br)c(=O)n2c1C(=O)NC21CN(C(=O)OC(C)(C)C)c2ccc(F)cc21. The minimum absolute atomic E-state index is 0.102. The first kappa shape index (κ1) is 19.6. The molecule has 1 atom stereocenters. The van der Waals surface area contributed by atoms with Gasteiger partial charge in [0.05, 0.1) is 16.7 Å². The van der Waals surface area contributed by atoms with Gasteiger partial charge in [-0.15, -0.1) is 0 Å². The minimum atomic E-state index is -1.42. The maximum absolute atomic E-state index is 14.2. The quantitative estimate of drug-likeness (QED) is 0.649. The van der Waals surface area contributed by atoms with Crippen LogP contribution in [0.25, 0.3) is 0 Å². The molecule has 0 fully saturated rings. The third-order valence-electron chi connectivity index (χ3n) is 4.96. The topological polar surface area (TPSA) is 80.6 Å². The van der Waals surface area contributed by atoms with E-state index in [1.54, 1.807) is 33.8 Å². The molecule has 2 aliphatic rings. The van der Waals surface area contributed by atoms with Gasteiger partial charge < -0.3 is 10.1 Å². The molecule has 29 heavy (non-hydrogen) atoms. The lowest BCUT2D eigenvalue weighted by molar-refractivity contribution is 0.0572.